The van der Waals surface area contributed by atoms with Gasteiger partial charge in [0.2, 0.25) is 0 Å². The Hall–Kier alpha value is -1.02. The van der Waals surface area contributed by atoms with Gasteiger partial charge >= 0.3 is 0 Å². The zero-order valence-corrected chi connectivity index (χ0v) is 13.7. The van der Waals surface area contributed by atoms with Crippen LogP contribution in [-0.4, -0.2) is 19.6 Å². The van der Waals surface area contributed by atoms with Crippen LogP contribution in [0.1, 0.15) is 52.6 Å². The summed E-state index contributed by atoms with van der Waals surface area (Å²) in [6.45, 7) is 14.9. The van der Waals surface area contributed by atoms with E-state index in [9.17, 15) is 0 Å². The van der Waals surface area contributed by atoms with Gasteiger partial charge in [0.1, 0.15) is 0 Å². The maximum Gasteiger partial charge on any atom is 0.0366 e. The SMILES string of the molecule is CCNC(C)c1ccc(N2CCC(C(C)(C)C)C2)cc1. The average molecular weight is 274 g/mol. The number of hydrogen-bond donors (Lipinski definition) is 1. The first kappa shape index (κ1) is 15.4. The molecule has 1 aromatic rings. The number of rotatable bonds is 4. The van der Waals surface area contributed by atoms with Crippen LogP contribution in [-0.2, 0) is 0 Å². The molecule has 1 heterocycles. The fourth-order valence-corrected chi connectivity index (χ4v) is 3.10. The minimum Gasteiger partial charge on any atom is -0.371 e. The molecule has 0 aromatic heterocycles. The zero-order valence-electron chi connectivity index (χ0n) is 13.7. The van der Waals surface area contributed by atoms with Gasteiger partial charge in [-0.25, -0.2) is 0 Å². The molecule has 2 atom stereocenters. The maximum absolute atomic E-state index is 3.46. The predicted molar refractivity (Wildman–Crippen MR) is 88.3 cm³/mol. The van der Waals surface area contributed by atoms with Crippen LogP contribution >= 0.6 is 0 Å². The first-order chi connectivity index (χ1) is 9.41. The van der Waals surface area contributed by atoms with Crippen molar-refractivity contribution in [1.29, 1.82) is 0 Å². The maximum atomic E-state index is 3.46. The average Bonchev–Trinajstić information content (AvgIpc) is 2.89. The lowest BCUT2D eigenvalue weighted by Gasteiger charge is -2.27. The summed E-state index contributed by atoms with van der Waals surface area (Å²) in [4.78, 5) is 2.54. The molecule has 1 saturated heterocycles. The summed E-state index contributed by atoms with van der Waals surface area (Å²) in [6.07, 6.45) is 1.32. The molecule has 0 radical (unpaired) electrons. The molecule has 1 aromatic carbocycles. The fourth-order valence-electron chi connectivity index (χ4n) is 3.10. The Kier molecular flexibility index (Phi) is 4.74. The van der Waals surface area contributed by atoms with Crippen LogP contribution in [0.2, 0.25) is 0 Å². The lowest BCUT2D eigenvalue weighted by molar-refractivity contribution is 0.263. The second-order valence-corrected chi connectivity index (χ2v) is 7.17. The molecule has 0 aliphatic carbocycles. The summed E-state index contributed by atoms with van der Waals surface area (Å²) in [5, 5.41) is 3.46. The summed E-state index contributed by atoms with van der Waals surface area (Å²) in [5.74, 6) is 0.808. The molecule has 0 saturated carbocycles. The summed E-state index contributed by atoms with van der Waals surface area (Å²) in [6, 6.07) is 9.55. The largest absolute Gasteiger partial charge is 0.371 e. The molecular weight excluding hydrogens is 244 g/mol. The first-order valence-electron chi connectivity index (χ1n) is 8.00. The van der Waals surface area contributed by atoms with E-state index in [4.69, 9.17) is 0 Å². The molecule has 2 rings (SSSR count). The molecule has 2 unspecified atom stereocenters. The second kappa shape index (κ2) is 6.17. The number of nitrogens with one attached hydrogen (secondary N) is 1. The van der Waals surface area contributed by atoms with Crippen LogP contribution in [0.4, 0.5) is 5.69 Å². The molecule has 1 fully saturated rings. The van der Waals surface area contributed by atoms with Gasteiger partial charge in [-0.05, 0) is 48.9 Å². The van der Waals surface area contributed by atoms with Crippen LogP contribution < -0.4 is 10.2 Å². The fraction of sp³-hybridized carbons (Fsp3) is 0.667. The smallest absolute Gasteiger partial charge is 0.0366 e. The van der Waals surface area contributed by atoms with E-state index in [-0.39, 0.29) is 0 Å². The molecule has 2 nitrogen and oxygen atoms in total. The highest BCUT2D eigenvalue weighted by atomic mass is 15.2. The van der Waals surface area contributed by atoms with Crippen LogP contribution in [0, 0.1) is 11.3 Å². The Morgan fingerprint density at radius 3 is 2.40 bits per heavy atom. The molecule has 1 N–H and O–H groups in total. The lowest BCUT2D eigenvalue weighted by atomic mass is 9.80. The Labute approximate surface area is 124 Å². The van der Waals surface area contributed by atoms with Crippen LogP contribution in [0.3, 0.4) is 0 Å². The van der Waals surface area contributed by atoms with Gasteiger partial charge in [0, 0.05) is 24.8 Å². The van der Waals surface area contributed by atoms with Gasteiger partial charge in [-0.2, -0.15) is 0 Å². The molecular formula is C18H30N2. The predicted octanol–water partition coefficient (Wildman–Crippen LogP) is 4.23. The molecule has 1 aliphatic rings. The van der Waals surface area contributed by atoms with Crippen molar-refractivity contribution in [2.75, 3.05) is 24.5 Å². The standard InChI is InChI=1S/C18H30N2/c1-6-19-14(2)15-7-9-17(10-8-15)20-12-11-16(13-20)18(3,4)5/h7-10,14,16,19H,6,11-13H2,1-5H3. The van der Waals surface area contributed by atoms with E-state index in [0.29, 0.717) is 11.5 Å². The van der Waals surface area contributed by atoms with Crippen molar-refractivity contribution in [1.82, 2.24) is 5.32 Å². The van der Waals surface area contributed by atoms with Crippen molar-refractivity contribution < 1.29 is 0 Å². The monoisotopic (exact) mass is 274 g/mol. The molecule has 1 aliphatic heterocycles. The van der Waals surface area contributed by atoms with E-state index in [0.717, 1.165) is 12.5 Å². The zero-order chi connectivity index (χ0) is 14.8. The van der Waals surface area contributed by atoms with Gasteiger partial charge in [-0.15, -0.1) is 0 Å². The third-order valence-corrected chi connectivity index (χ3v) is 4.68. The van der Waals surface area contributed by atoms with Gasteiger partial charge in [0.05, 0.1) is 0 Å². The second-order valence-electron chi connectivity index (χ2n) is 7.17. The third kappa shape index (κ3) is 3.54. The van der Waals surface area contributed by atoms with Gasteiger partial charge in [-0.3, -0.25) is 0 Å². The number of hydrogen-bond acceptors (Lipinski definition) is 2. The Bertz CT molecular complexity index is 416. The molecule has 112 valence electrons. The third-order valence-electron chi connectivity index (χ3n) is 4.68. The van der Waals surface area contributed by atoms with Crippen molar-refractivity contribution in [2.45, 2.75) is 47.1 Å². The first-order valence-corrected chi connectivity index (χ1v) is 8.00. The van der Waals surface area contributed by atoms with Gasteiger partial charge < -0.3 is 10.2 Å². The molecule has 20 heavy (non-hydrogen) atoms. The minimum absolute atomic E-state index is 0.425. The number of anilines is 1. The van der Waals surface area contributed by atoms with E-state index in [2.05, 4.69) is 69.1 Å². The number of benzene rings is 1. The Morgan fingerprint density at radius 2 is 1.90 bits per heavy atom. The van der Waals surface area contributed by atoms with E-state index in [1.807, 2.05) is 0 Å². The van der Waals surface area contributed by atoms with Gasteiger partial charge in [-0.1, -0.05) is 39.8 Å². The molecule has 0 bridgehead atoms. The topological polar surface area (TPSA) is 15.3 Å². The van der Waals surface area contributed by atoms with E-state index < -0.39 is 0 Å². The van der Waals surface area contributed by atoms with Gasteiger partial charge in [0.15, 0.2) is 0 Å². The highest BCUT2D eigenvalue weighted by molar-refractivity contribution is 5.49. The summed E-state index contributed by atoms with van der Waals surface area (Å²) in [7, 11) is 0. The van der Waals surface area contributed by atoms with Crippen LogP contribution in [0.5, 0.6) is 0 Å². The van der Waals surface area contributed by atoms with Crippen molar-refractivity contribution in [3.8, 4) is 0 Å². The highest BCUT2D eigenvalue weighted by Gasteiger charge is 2.31. The van der Waals surface area contributed by atoms with Crippen molar-refractivity contribution in [3.63, 3.8) is 0 Å². The summed E-state index contributed by atoms with van der Waals surface area (Å²) >= 11 is 0. The molecule has 0 spiro atoms. The Balaban J connectivity index is 2.01. The van der Waals surface area contributed by atoms with Crippen LogP contribution in [0.15, 0.2) is 24.3 Å². The Morgan fingerprint density at radius 1 is 1.25 bits per heavy atom. The summed E-state index contributed by atoms with van der Waals surface area (Å²) < 4.78 is 0. The lowest BCUT2D eigenvalue weighted by Crippen LogP contribution is -2.25. The minimum atomic E-state index is 0.425. The van der Waals surface area contributed by atoms with Crippen LogP contribution in [0.25, 0.3) is 0 Å². The quantitative estimate of drug-likeness (QED) is 0.884. The van der Waals surface area contributed by atoms with Gasteiger partial charge in [0.25, 0.3) is 0 Å². The van der Waals surface area contributed by atoms with E-state index >= 15 is 0 Å². The van der Waals surface area contributed by atoms with E-state index in [1.165, 1.54) is 30.8 Å². The molecule has 2 heteroatoms. The van der Waals surface area contributed by atoms with E-state index in [1.54, 1.807) is 0 Å². The summed E-state index contributed by atoms with van der Waals surface area (Å²) in [5.41, 5.74) is 3.18. The van der Waals surface area contributed by atoms with Crippen molar-refractivity contribution in [3.05, 3.63) is 29.8 Å². The normalized spacial score (nSPS) is 21.2. The van der Waals surface area contributed by atoms with Crippen molar-refractivity contribution >= 4 is 5.69 Å². The molecule has 0 amide bonds. The number of nitrogens with zero attached hydrogens (tertiary/aromatic N) is 1. The highest BCUT2D eigenvalue weighted by Crippen LogP contribution is 2.35. The van der Waals surface area contributed by atoms with Crippen molar-refractivity contribution in [2.24, 2.45) is 11.3 Å².